The van der Waals surface area contributed by atoms with Crippen molar-refractivity contribution in [1.29, 1.82) is 0 Å². The molecule has 1 aliphatic rings. The standard InChI is InChI=1S/C28H35NO9S/c1-27(2,3)38-26(32)29(39(6,33)34)22-15-14-21(16-23(22)35-17-20-12-13-20)24(30)37-28(4,5)25(31)36-18-19-10-8-7-9-11-19/h7-11,14-16,20H,12-13,17-18H2,1-6H3. The minimum Gasteiger partial charge on any atom is -0.491 e. The molecular weight excluding hydrogens is 526 g/mol. The van der Waals surface area contributed by atoms with E-state index in [0.29, 0.717) is 10.2 Å². The number of carbonyl (C=O) groups is 3. The van der Waals surface area contributed by atoms with Gasteiger partial charge in [-0.25, -0.2) is 22.8 Å². The van der Waals surface area contributed by atoms with E-state index in [9.17, 15) is 22.8 Å². The number of anilines is 1. The van der Waals surface area contributed by atoms with Gasteiger partial charge in [-0.2, -0.15) is 4.31 Å². The molecule has 39 heavy (non-hydrogen) atoms. The fourth-order valence-electron chi connectivity index (χ4n) is 3.36. The van der Waals surface area contributed by atoms with E-state index < -0.39 is 39.3 Å². The van der Waals surface area contributed by atoms with Gasteiger partial charge in [-0.05, 0) is 77.1 Å². The maximum atomic E-state index is 13.0. The fourth-order valence-corrected chi connectivity index (χ4v) is 4.18. The van der Waals surface area contributed by atoms with Gasteiger partial charge in [-0.1, -0.05) is 30.3 Å². The normalized spacial score (nSPS) is 13.8. The van der Waals surface area contributed by atoms with E-state index in [1.165, 1.54) is 32.0 Å². The summed E-state index contributed by atoms with van der Waals surface area (Å²) < 4.78 is 47.7. The number of hydrogen-bond donors (Lipinski definition) is 0. The van der Waals surface area contributed by atoms with Gasteiger partial charge in [0.1, 0.15) is 23.6 Å². The van der Waals surface area contributed by atoms with E-state index in [4.69, 9.17) is 18.9 Å². The van der Waals surface area contributed by atoms with Gasteiger partial charge in [0.15, 0.2) is 0 Å². The van der Waals surface area contributed by atoms with Crippen LogP contribution >= 0.6 is 0 Å². The summed E-state index contributed by atoms with van der Waals surface area (Å²) in [5, 5.41) is 0. The Labute approximate surface area is 229 Å². The number of hydrogen-bond acceptors (Lipinski definition) is 9. The molecule has 3 rings (SSSR count). The summed E-state index contributed by atoms with van der Waals surface area (Å²) in [7, 11) is -4.14. The highest BCUT2D eigenvalue weighted by Crippen LogP contribution is 2.36. The summed E-state index contributed by atoms with van der Waals surface area (Å²) in [6, 6.07) is 12.9. The van der Waals surface area contributed by atoms with Gasteiger partial charge in [0, 0.05) is 0 Å². The van der Waals surface area contributed by atoms with Crippen LogP contribution in [-0.2, 0) is 35.6 Å². The van der Waals surface area contributed by atoms with Crippen molar-refractivity contribution in [2.75, 3.05) is 17.2 Å². The van der Waals surface area contributed by atoms with Crippen molar-refractivity contribution < 1.29 is 41.7 Å². The molecule has 1 saturated carbocycles. The maximum absolute atomic E-state index is 13.0. The molecule has 1 aliphatic carbocycles. The molecule has 0 bridgehead atoms. The van der Waals surface area contributed by atoms with Gasteiger partial charge in [0.25, 0.3) is 0 Å². The summed E-state index contributed by atoms with van der Waals surface area (Å²) in [5.74, 6) is -1.32. The molecule has 1 fully saturated rings. The predicted molar refractivity (Wildman–Crippen MR) is 144 cm³/mol. The molecular formula is C28H35NO9S. The van der Waals surface area contributed by atoms with Crippen molar-refractivity contribution in [1.82, 2.24) is 0 Å². The lowest BCUT2D eigenvalue weighted by Gasteiger charge is -2.27. The van der Waals surface area contributed by atoms with Crippen molar-refractivity contribution in [2.45, 2.75) is 65.3 Å². The van der Waals surface area contributed by atoms with Crippen molar-refractivity contribution >= 4 is 33.7 Å². The smallest absolute Gasteiger partial charge is 0.429 e. The first-order chi connectivity index (χ1) is 18.1. The zero-order valence-electron chi connectivity index (χ0n) is 23.1. The topological polar surface area (TPSA) is 126 Å². The summed E-state index contributed by atoms with van der Waals surface area (Å²) in [6.45, 7) is 7.94. The average molecular weight is 562 g/mol. The van der Waals surface area contributed by atoms with Crippen LogP contribution in [0, 0.1) is 5.92 Å². The minimum atomic E-state index is -4.14. The van der Waals surface area contributed by atoms with Crippen LogP contribution in [0.1, 0.15) is 63.4 Å². The summed E-state index contributed by atoms with van der Waals surface area (Å²) in [5.41, 5.74) is -1.91. The molecule has 2 aromatic rings. The average Bonchev–Trinajstić information content (AvgIpc) is 3.64. The fraction of sp³-hybridized carbons (Fsp3) is 0.464. The Kier molecular flexibility index (Phi) is 8.94. The molecule has 1 amide bonds. The minimum absolute atomic E-state index is 0.00822. The number of sulfonamides is 1. The summed E-state index contributed by atoms with van der Waals surface area (Å²) >= 11 is 0. The van der Waals surface area contributed by atoms with Crippen LogP contribution in [0.4, 0.5) is 10.5 Å². The molecule has 212 valence electrons. The molecule has 10 nitrogen and oxygen atoms in total. The molecule has 0 saturated heterocycles. The monoisotopic (exact) mass is 561 g/mol. The molecule has 0 radical (unpaired) electrons. The number of rotatable bonds is 10. The molecule has 0 atom stereocenters. The van der Waals surface area contributed by atoms with Crippen LogP contribution in [0.25, 0.3) is 0 Å². The second-order valence-corrected chi connectivity index (χ2v) is 12.7. The molecule has 0 N–H and O–H groups in total. The summed E-state index contributed by atoms with van der Waals surface area (Å²) in [6.07, 6.45) is 1.67. The SMILES string of the molecule is CC(C)(C)OC(=O)N(c1ccc(C(=O)OC(C)(C)C(=O)OCc2ccccc2)cc1OCC1CC1)S(C)(=O)=O. The highest BCUT2D eigenvalue weighted by molar-refractivity contribution is 7.92. The van der Waals surface area contributed by atoms with E-state index >= 15 is 0 Å². The Morgan fingerprint density at radius 3 is 2.15 bits per heavy atom. The highest BCUT2D eigenvalue weighted by Gasteiger charge is 2.36. The van der Waals surface area contributed by atoms with E-state index in [1.54, 1.807) is 32.9 Å². The van der Waals surface area contributed by atoms with Crippen LogP contribution < -0.4 is 9.04 Å². The van der Waals surface area contributed by atoms with E-state index in [-0.39, 0.29) is 30.2 Å². The van der Waals surface area contributed by atoms with E-state index in [1.807, 2.05) is 18.2 Å². The van der Waals surface area contributed by atoms with Crippen molar-refractivity contribution in [3.05, 3.63) is 59.7 Å². The van der Waals surface area contributed by atoms with Crippen molar-refractivity contribution in [3.8, 4) is 5.75 Å². The second kappa shape index (κ2) is 11.6. The quantitative estimate of drug-likeness (QED) is 0.295. The number of amides is 1. The third kappa shape index (κ3) is 8.71. The first kappa shape index (κ1) is 29.9. The number of carbonyl (C=O) groups excluding carboxylic acids is 3. The van der Waals surface area contributed by atoms with Gasteiger partial charge in [-0.15, -0.1) is 0 Å². The second-order valence-electron chi connectivity index (χ2n) is 10.9. The molecule has 0 aliphatic heterocycles. The van der Waals surface area contributed by atoms with Crippen molar-refractivity contribution in [2.24, 2.45) is 5.92 Å². The number of ether oxygens (including phenoxy) is 4. The summed E-state index contributed by atoms with van der Waals surface area (Å²) in [4.78, 5) is 38.6. The Morgan fingerprint density at radius 1 is 0.949 bits per heavy atom. The Hall–Kier alpha value is -3.60. The van der Waals surface area contributed by atoms with Gasteiger partial charge in [0.05, 0.1) is 18.4 Å². The lowest BCUT2D eigenvalue weighted by atomic mass is 10.1. The van der Waals surface area contributed by atoms with Crippen LogP contribution in [-0.4, -0.2) is 50.5 Å². The molecule has 0 spiro atoms. The van der Waals surface area contributed by atoms with Crippen LogP contribution in [0.2, 0.25) is 0 Å². The lowest BCUT2D eigenvalue weighted by molar-refractivity contribution is -0.163. The van der Waals surface area contributed by atoms with Gasteiger partial charge in [-0.3, -0.25) is 0 Å². The molecule has 0 aromatic heterocycles. The van der Waals surface area contributed by atoms with Gasteiger partial charge in [0.2, 0.25) is 15.6 Å². The first-order valence-electron chi connectivity index (χ1n) is 12.5. The van der Waals surface area contributed by atoms with Crippen LogP contribution in [0.3, 0.4) is 0 Å². The molecule has 11 heteroatoms. The van der Waals surface area contributed by atoms with Crippen molar-refractivity contribution in [3.63, 3.8) is 0 Å². The third-order valence-electron chi connectivity index (χ3n) is 5.53. The lowest BCUT2D eigenvalue weighted by Crippen LogP contribution is -2.40. The molecule has 0 heterocycles. The largest absolute Gasteiger partial charge is 0.491 e. The maximum Gasteiger partial charge on any atom is 0.429 e. The number of benzene rings is 2. The van der Waals surface area contributed by atoms with Gasteiger partial charge >= 0.3 is 18.0 Å². The van der Waals surface area contributed by atoms with Crippen LogP contribution in [0.15, 0.2) is 48.5 Å². The van der Waals surface area contributed by atoms with Gasteiger partial charge < -0.3 is 18.9 Å². The number of esters is 2. The molecule has 0 unspecified atom stereocenters. The van der Waals surface area contributed by atoms with E-state index in [0.717, 1.165) is 24.7 Å². The first-order valence-corrected chi connectivity index (χ1v) is 14.4. The Bertz CT molecular complexity index is 1310. The molecule has 2 aromatic carbocycles. The highest BCUT2D eigenvalue weighted by atomic mass is 32.2. The van der Waals surface area contributed by atoms with E-state index in [2.05, 4.69) is 0 Å². The predicted octanol–water partition coefficient (Wildman–Crippen LogP) is 4.86. The third-order valence-corrected chi connectivity index (χ3v) is 6.54. The Morgan fingerprint density at radius 2 is 1.59 bits per heavy atom. The number of nitrogens with zero attached hydrogens (tertiary/aromatic N) is 1. The Balaban J connectivity index is 1.85. The van der Waals surface area contributed by atoms with Crippen LogP contribution in [0.5, 0.6) is 5.75 Å². The zero-order valence-corrected chi connectivity index (χ0v) is 23.9. The zero-order chi connectivity index (χ0) is 29.0.